The fraction of sp³-hybridized carbons (Fsp3) is 0.800. The molecule has 2 nitrogen and oxygen atoms in total. The van der Waals surface area contributed by atoms with Crippen molar-refractivity contribution in [2.24, 2.45) is 0 Å². The number of carbonyl (C=O) groups is 1. The molecule has 0 saturated carbocycles. The van der Waals surface area contributed by atoms with Crippen molar-refractivity contribution in [2.45, 2.75) is 18.9 Å². The van der Waals surface area contributed by atoms with Gasteiger partial charge in [0.1, 0.15) is 7.85 Å². The number of carbonyl (C=O) groups excluding carboxylic acids is 1. The summed E-state index contributed by atoms with van der Waals surface area (Å²) in [6.45, 7) is 0.0921. The van der Waals surface area contributed by atoms with Crippen molar-refractivity contribution in [2.75, 3.05) is 6.54 Å². The molecule has 0 aromatic heterocycles. The second-order valence-electron chi connectivity index (χ2n) is 2.11. The van der Waals surface area contributed by atoms with Gasteiger partial charge < -0.3 is 5.32 Å². The van der Waals surface area contributed by atoms with Crippen LogP contribution in [0.25, 0.3) is 0 Å². The van der Waals surface area contributed by atoms with Gasteiger partial charge in [0.05, 0.1) is 0 Å². The molecule has 11 heavy (non-hydrogen) atoms. The SMILES string of the molecule is BCCCNC(=O)C(F)(F)F. The van der Waals surface area contributed by atoms with Gasteiger partial charge in [0.2, 0.25) is 0 Å². The largest absolute Gasteiger partial charge is 0.471 e. The van der Waals surface area contributed by atoms with Crippen LogP contribution in [-0.2, 0) is 4.79 Å². The highest BCUT2D eigenvalue weighted by atomic mass is 19.4. The van der Waals surface area contributed by atoms with E-state index in [1.807, 2.05) is 7.85 Å². The van der Waals surface area contributed by atoms with Gasteiger partial charge in [0, 0.05) is 6.54 Å². The highest BCUT2D eigenvalue weighted by Gasteiger charge is 2.37. The summed E-state index contributed by atoms with van der Waals surface area (Å²) >= 11 is 0. The summed E-state index contributed by atoms with van der Waals surface area (Å²) in [6, 6.07) is 0. The van der Waals surface area contributed by atoms with Crippen LogP contribution in [0, 0.1) is 0 Å². The molecule has 0 bridgehead atoms. The molecule has 0 rings (SSSR count). The summed E-state index contributed by atoms with van der Waals surface area (Å²) in [5, 5.41) is 1.76. The maximum Gasteiger partial charge on any atom is 0.471 e. The van der Waals surface area contributed by atoms with Crippen LogP contribution in [0.2, 0.25) is 6.32 Å². The normalized spacial score (nSPS) is 11.2. The van der Waals surface area contributed by atoms with Crippen LogP contribution >= 0.6 is 0 Å². The van der Waals surface area contributed by atoms with Crippen LogP contribution in [0.15, 0.2) is 0 Å². The average molecular weight is 167 g/mol. The highest BCUT2D eigenvalue weighted by molar-refractivity contribution is 6.08. The lowest BCUT2D eigenvalue weighted by Gasteiger charge is -2.06. The van der Waals surface area contributed by atoms with Gasteiger partial charge in [-0.2, -0.15) is 13.2 Å². The summed E-state index contributed by atoms with van der Waals surface area (Å²) in [5.74, 6) is -1.86. The molecule has 64 valence electrons. The molecule has 0 radical (unpaired) electrons. The van der Waals surface area contributed by atoms with Crippen LogP contribution < -0.4 is 5.32 Å². The molecular weight excluding hydrogens is 158 g/mol. The van der Waals surface area contributed by atoms with Gasteiger partial charge in [-0.25, -0.2) is 0 Å². The molecule has 0 saturated heterocycles. The van der Waals surface area contributed by atoms with E-state index in [0.29, 0.717) is 6.42 Å². The maximum atomic E-state index is 11.5. The quantitative estimate of drug-likeness (QED) is 0.468. The zero-order valence-electron chi connectivity index (χ0n) is 6.16. The van der Waals surface area contributed by atoms with Crippen molar-refractivity contribution in [3.8, 4) is 0 Å². The topological polar surface area (TPSA) is 29.1 Å². The van der Waals surface area contributed by atoms with Crippen molar-refractivity contribution in [1.29, 1.82) is 0 Å². The van der Waals surface area contributed by atoms with E-state index in [0.717, 1.165) is 6.32 Å². The molecule has 0 spiro atoms. The average Bonchev–Trinajstić information content (AvgIpc) is 1.86. The van der Waals surface area contributed by atoms with E-state index in [9.17, 15) is 18.0 Å². The molecular formula is C5H9BF3NO. The minimum Gasteiger partial charge on any atom is -0.348 e. The number of rotatable bonds is 3. The van der Waals surface area contributed by atoms with Gasteiger partial charge in [0.25, 0.3) is 0 Å². The molecule has 1 N–H and O–H groups in total. The molecule has 0 aliphatic rings. The molecule has 0 aliphatic carbocycles. The maximum absolute atomic E-state index is 11.5. The van der Waals surface area contributed by atoms with E-state index in [4.69, 9.17) is 0 Å². The second kappa shape index (κ2) is 4.25. The van der Waals surface area contributed by atoms with Gasteiger partial charge in [-0.15, -0.1) is 0 Å². The van der Waals surface area contributed by atoms with E-state index in [1.54, 1.807) is 5.32 Å². The lowest BCUT2D eigenvalue weighted by atomic mass is 10.0. The Bertz CT molecular complexity index is 136. The number of hydrogen-bond acceptors (Lipinski definition) is 1. The Hall–Kier alpha value is -0.675. The van der Waals surface area contributed by atoms with Crippen molar-refractivity contribution in [3.05, 3.63) is 0 Å². The Kier molecular flexibility index (Phi) is 3.99. The molecule has 0 aromatic carbocycles. The summed E-state index contributed by atoms with van der Waals surface area (Å²) in [7, 11) is 1.83. The van der Waals surface area contributed by atoms with Gasteiger partial charge >= 0.3 is 12.1 Å². The number of halogens is 3. The molecule has 0 aliphatic heterocycles. The fourth-order valence-electron chi connectivity index (χ4n) is 0.479. The summed E-state index contributed by atoms with van der Waals surface area (Å²) < 4.78 is 34.4. The number of nitrogens with one attached hydrogen (secondary N) is 1. The molecule has 0 aromatic rings. The molecule has 0 fully saturated rings. The van der Waals surface area contributed by atoms with Crippen LogP contribution in [0.1, 0.15) is 6.42 Å². The van der Waals surface area contributed by atoms with Gasteiger partial charge in [0.15, 0.2) is 0 Å². The number of amides is 1. The van der Waals surface area contributed by atoms with E-state index in [2.05, 4.69) is 0 Å². The first-order valence-corrected chi connectivity index (χ1v) is 3.33. The third-order valence-electron chi connectivity index (χ3n) is 1.07. The lowest BCUT2D eigenvalue weighted by molar-refractivity contribution is -0.173. The standard InChI is InChI=1S/C5H9BF3NO/c6-2-1-3-10-4(11)5(7,8)9/h1-3,6H2,(H,10,11). The van der Waals surface area contributed by atoms with Crippen molar-refractivity contribution in [3.63, 3.8) is 0 Å². The predicted molar refractivity (Wildman–Crippen MR) is 37.0 cm³/mol. The van der Waals surface area contributed by atoms with E-state index < -0.39 is 12.1 Å². The smallest absolute Gasteiger partial charge is 0.348 e. The van der Waals surface area contributed by atoms with E-state index in [1.165, 1.54) is 0 Å². The van der Waals surface area contributed by atoms with E-state index in [-0.39, 0.29) is 6.54 Å². The van der Waals surface area contributed by atoms with Crippen molar-refractivity contribution >= 4 is 13.8 Å². The molecule has 6 heteroatoms. The monoisotopic (exact) mass is 167 g/mol. The first kappa shape index (κ1) is 10.3. The van der Waals surface area contributed by atoms with Crippen LogP contribution in [0.5, 0.6) is 0 Å². The molecule has 0 atom stereocenters. The minimum absolute atomic E-state index is 0.0921. The van der Waals surface area contributed by atoms with Gasteiger partial charge in [-0.05, 0) is 6.42 Å². The Labute approximate surface area is 63.6 Å². The summed E-state index contributed by atoms with van der Waals surface area (Å²) in [6.07, 6.45) is -3.41. The Morgan fingerprint density at radius 2 is 2.00 bits per heavy atom. The second-order valence-corrected chi connectivity index (χ2v) is 2.11. The highest BCUT2D eigenvalue weighted by Crippen LogP contribution is 2.13. The fourth-order valence-corrected chi connectivity index (χ4v) is 0.479. The Morgan fingerprint density at radius 3 is 2.36 bits per heavy atom. The molecule has 1 amide bonds. The minimum atomic E-state index is -4.74. The lowest BCUT2D eigenvalue weighted by Crippen LogP contribution is -2.37. The Morgan fingerprint density at radius 1 is 1.45 bits per heavy atom. The van der Waals surface area contributed by atoms with Crippen molar-refractivity contribution in [1.82, 2.24) is 5.32 Å². The summed E-state index contributed by atoms with van der Waals surface area (Å²) in [5.41, 5.74) is 0. The van der Waals surface area contributed by atoms with Crippen LogP contribution in [-0.4, -0.2) is 26.5 Å². The predicted octanol–water partition coefficient (Wildman–Crippen LogP) is 0.106. The first-order chi connectivity index (χ1) is 4.98. The number of hydrogen-bond donors (Lipinski definition) is 1. The van der Waals surface area contributed by atoms with Gasteiger partial charge in [-0.1, -0.05) is 6.32 Å². The van der Waals surface area contributed by atoms with Crippen LogP contribution in [0.4, 0.5) is 13.2 Å². The third-order valence-corrected chi connectivity index (χ3v) is 1.07. The third kappa shape index (κ3) is 4.69. The summed E-state index contributed by atoms with van der Waals surface area (Å²) in [4.78, 5) is 10.1. The Balaban J connectivity index is 3.54. The van der Waals surface area contributed by atoms with Crippen molar-refractivity contribution < 1.29 is 18.0 Å². The molecule has 0 heterocycles. The number of alkyl halides is 3. The van der Waals surface area contributed by atoms with E-state index >= 15 is 0 Å². The zero-order valence-corrected chi connectivity index (χ0v) is 6.16. The zero-order chi connectivity index (χ0) is 8.91. The molecule has 0 unspecified atom stereocenters. The first-order valence-electron chi connectivity index (χ1n) is 3.33. The van der Waals surface area contributed by atoms with Crippen LogP contribution in [0.3, 0.4) is 0 Å². The van der Waals surface area contributed by atoms with Gasteiger partial charge in [-0.3, -0.25) is 4.79 Å².